The Morgan fingerprint density at radius 2 is 1.51 bits per heavy atom. The normalized spacial score (nSPS) is 16.7. The van der Waals surface area contributed by atoms with Gasteiger partial charge in [-0.2, -0.15) is 0 Å². The Bertz CT molecular complexity index is 1440. The van der Waals surface area contributed by atoms with E-state index in [0.717, 1.165) is 28.7 Å². The zero-order valence-corrected chi connectivity index (χ0v) is 26.5. The molecule has 45 heavy (non-hydrogen) atoms. The van der Waals surface area contributed by atoms with E-state index >= 15 is 0 Å². The summed E-state index contributed by atoms with van der Waals surface area (Å²) < 4.78 is 11.3. The van der Waals surface area contributed by atoms with Crippen LogP contribution in [-0.4, -0.2) is 54.0 Å². The second-order valence-electron chi connectivity index (χ2n) is 12.2. The van der Waals surface area contributed by atoms with E-state index in [1.807, 2.05) is 106 Å². The maximum atomic E-state index is 13.1. The van der Waals surface area contributed by atoms with Crippen LogP contribution in [0.2, 0.25) is 0 Å². The molecular formula is C36H43N3O6. The van der Waals surface area contributed by atoms with Crippen LogP contribution in [0.15, 0.2) is 84.9 Å². The number of ether oxygens (including phenoxy) is 2. The summed E-state index contributed by atoms with van der Waals surface area (Å²) in [6.45, 7) is 8.15. The van der Waals surface area contributed by atoms with Crippen molar-refractivity contribution in [2.24, 2.45) is 5.41 Å². The van der Waals surface area contributed by atoms with Crippen LogP contribution in [0.3, 0.4) is 0 Å². The van der Waals surface area contributed by atoms with Crippen molar-refractivity contribution in [2.45, 2.75) is 71.8 Å². The van der Waals surface area contributed by atoms with Crippen LogP contribution in [0, 0.1) is 5.41 Å². The molecule has 2 N–H and O–H groups in total. The average Bonchev–Trinajstić information content (AvgIpc) is 3.35. The van der Waals surface area contributed by atoms with Crippen molar-refractivity contribution in [2.75, 3.05) is 13.1 Å². The molecule has 0 spiro atoms. The van der Waals surface area contributed by atoms with E-state index in [4.69, 9.17) is 9.47 Å². The number of nitrogens with one attached hydrogen (secondary N) is 2. The molecule has 0 aromatic heterocycles. The number of alkyl carbamates (subject to hydrolysis) is 1. The van der Waals surface area contributed by atoms with Gasteiger partial charge in [0.25, 0.3) is 5.91 Å². The number of nitrogens with zero attached hydrogens (tertiary/aromatic N) is 1. The zero-order chi connectivity index (χ0) is 32.4. The van der Waals surface area contributed by atoms with Crippen molar-refractivity contribution in [3.63, 3.8) is 0 Å². The Kier molecular flexibility index (Phi) is 11.4. The summed E-state index contributed by atoms with van der Waals surface area (Å²) in [5, 5.41) is 5.34. The van der Waals surface area contributed by atoms with Gasteiger partial charge in [0.2, 0.25) is 5.78 Å². The van der Waals surface area contributed by atoms with Gasteiger partial charge >= 0.3 is 12.2 Å². The van der Waals surface area contributed by atoms with Gasteiger partial charge in [0.1, 0.15) is 18.8 Å². The highest BCUT2D eigenvalue weighted by Crippen LogP contribution is 2.32. The molecular weight excluding hydrogens is 570 g/mol. The Morgan fingerprint density at radius 1 is 0.889 bits per heavy atom. The predicted molar refractivity (Wildman–Crippen MR) is 172 cm³/mol. The number of carbonyl (C=O) groups excluding carboxylic acids is 4. The molecule has 3 aromatic rings. The van der Waals surface area contributed by atoms with Crippen molar-refractivity contribution >= 4 is 23.9 Å². The lowest BCUT2D eigenvalue weighted by molar-refractivity contribution is -0.139. The highest BCUT2D eigenvalue weighted by molar-refractivity contribution is 6.38. The molecule has 0 aliphatic carbocycles. The first-order chi connectivity index (χ1) is 21.6. The van der Waals surface area contributed by atoms with E-state index in [0.29, 0.717) is 19.4 Å². The second-order valence-corrected chi connectivity index (χ2v) is 12.2. The fourth-order valence-electron chi connectivity index (χ4n) is 5.34. The van der Waals surface area contributed by atoms with Gasteiger partial charge in [0.05, 0.1) is 12.6 Å². The number of amides is 3. The summed E-state index contributed by atoms with van der Waals surface area (Å²) >= 11 is 0. The number of ketones is 1. The van der Waals surface area contributed by atoms with Crippen LogP contribution >= 0.6 is 0 Å². The number of unbranched alkanes of at least 4 members (excludes halogenated alkanes) is 1. The van der Waals surface area contributed by atoms with Crippen LogP contribution in [0.5, 0.6) is 0 Å². The molecule has 9 nitrogen and oxygen atoms in total. The van der Waals surface area contributed by atoms with Crippen LogP contribution < -0.4 is 10.6 Å². The van der Waals surface area contributed by atoms with E-state index in [1.54, 1.807) is 6.92 Å². The Labute approximate surface area is 265 Å². The summed E-state index contributed by atoms with van der Waals surface area (Å²) in [6.07, 6.45) is -0.212. The first-order valence-electron chi connectivity index (χ1n) is 15.5. The minimum absolute atomic E-state index is 0.114. The number of Topliss-reactive ketones (excluding diaryl/α,β-unsaturated/α-hetero) is 1. The standard InChI is InChI=1S/C36H43N3O6/c1-5-6-17-30(32(40)33(41)37-25(2)27-13-9-7-10-14-27)38-34(42)45-31-22-39(24-36(31,3)4)35(43)44-23-26-18-20-29(21-19-26)28-15-11-8-12-16-28/h7-16,18-21,25,30-31H,5-6,17,22-24H2,1-4H3,(H,37,41)(H,38,42)/t25-,30+,31-/m1/s1. The summed E-state index contributed by atoms with van der Waals surface area (Å²) in [5.41, 5.74) is 3.35. The number of hydrogen-bond donors (Lipinski definition) is 2. The molecule has 9 heteroatoms. The molecule has 0 bridgehead atoms. The molecule has 1 aliphatic rings. The molecule has 1 saturated heterocycles. The topological polar surface area (TPSA) is 114 Å². The van der Waals surface area contributed by atoms with Gasteiger partial charge < -0.3 is 25.0 Å². The van der Waals surface area contributed by atoms with E-state index < -0.39 is 41.4 Å². The van der Waals surface area contributed by atoms with E-state index in [1.165, 1.54) is 4.90 Å². The van der Waals surface area contributed by atoms with E-state index in [2.05, 4.69) is 10.6 Å². The van der Waals surface area contributed by atoms with Gasteiger partial charge in [0.15, 0.2) is 0 Å². The van der Waals surface area contributed by atoms with Crippen LogP contribution in [0.25, 0.3) is 11.1 Å². The van der Waals surface area contributed by atoms with Gasteiger partial charge in [-0.05, 0) is 35.6 Å². The number of likely N-dealkylation sites (tertiary alicyclic amines) is 1. The Hall–Kier alpha value is -4.66. The highest BCUT2D eigenvalue weighted by atomic mass is 16.6. The molecule has 0 radical (unpaired) electrons. The molecule has 238 valence electrons. The fraction of sp³-hybridized carbons (Fsp3) is 0.389. The van der Waals surface area contributed by atoms with Crippen molar-refractivity contribution in [1.82, 2.24) is 15.5 Å². The molecule has 0 unspecified atom stereocenters. The van der Waals surface area contributed by atoms with E-state index in [9.17, 15) is 19.2 Å². The minimum Gasteiger partial charge on any atom is -0.445 e. The lowest BCUT2D eigenvalue weighted by Crippen LogP contribution is -2.49. The summed E-state index contributed by atoms with van der Waals surface area (Å²) in [6, 6.07) is 25.8. The van der Waals surface area contributed by atoms with Crippen LogP contribution in [-0.2, 0) is 25.7 Å². The number of benzene rings is 3. The highest BCUT2D eigenvalue weighted by Gasteiger charge is 2.45. The SMILES string of the molecule is CCCC[C@H](NC(=O)O[C@@H]1CN(C(=O)OCc2ccc(-c3ccccc3)cc2)CC1(C)C)C(=O)C(=O)N[C@H](C)c1ccccc1. The van der Waals surface area contributed by atoms with Crippen LogP contribution in [0.4, 0.5) is 9.59 Å². The van der Waals surface area contributed by atoms with Gasteiger partial charge in [0, 0.05) is 12.0 Å². The molecule has 3 atom stereocenters. The number of hydrogen-bond acceptors (Lipinski definition) is 6. The zero-order valence-electron chi connectivity index (χ0n) is 26.5. The maximum absolute atomic E-state index is 13.1. The molecule has 3 aromatic carbocycles. The molecule has 1 aliphatic heterocycles. The molecule has 4 rings (SSSR count). The first-order valence-corrected chi connectivity index (χ1v) is 15.5. The average molecular weight is 614 g/mol. The Balaban J connectivity index is 1.29. The van der Waals surface area contributed by atoms with Crippen molar-refractivity contribution < 1.29 is 28.7 Å². The molecule has 1 heterocycles. The fourth-order valence-corrected chi connectivity index (χ4v) is 5.34. The second kappa shape index (κ2) is 15.4. The summed E-state index contributed by atoms with van der Waals surface area (Å²) in [5.74, 6) is -1.49. The molecule has 1 fully saturated rings. The van der Waals surface area contributed by atoms with E-state index in [-0.39, 0.29) is 19.2 Å². The largest absolute Gasteiger partial charge is 0.445 e. The Morgan fingerprint density at radius 3 is 2.16 bits per heavy atom. The summed E-state index contributed by atoms with van der Waals surface area (Å²) in [7, 11) is 0. The quantitative estimate of drug-likeness (QED) is 0.228. The van der Waals surface area contributed by atoms with Gasteiger partial charge in [-0.3, -0.25) is 9.59 Å². The number of rotatable bonds is 12. The van der Waals surface area contributed by atoms with Crippen molar-refractivity contribution in [3.8, 4) is 11.1 Å². The summed E-state index contributed by atoms with van der Waals surface area (Å²) in [4.78, 5) is 53.4. The lowest BCUT2D eigenvalue weighted by Gasteiger charge is -2.26. The van der Waals surface area contributed by atoms with Crippen molar-refractivity contribution in [1.29, 1.82) is 0 Å². The van der Waals surface area contributed by atoms with Gasteiger partial charge in [-0.1, -0.05) is 119 Å². The molecule has 3 amide bonds. The predicted octanol–water partition coefficient (Wildman–Crippen LogP) is 6.43. The smallest absolute Gasteiger partial charge is 0.410 e. The number of carbonyl (C=O) groups is 4. The first kappa shape index (κ1) is 33.2. The van der Waals surface area contributed by atoms with Gasteiger partial charge in [-0.25, -0.2) is 9.59 Å². The van der Waals surface area contributed by atoms with Crippen molar-refractivity contribution in [3.05, 3.63) is 96.1 Å². The molecule has 0 saturated carbocycles. The third kappa shape index (κ3) is 9.17. The third-order valence-corrected chi connectivity index (χ3v) is 8.11. The maximum Gasteiger partial charge on any atom is 0.410 e. The monoisotopic (exact) mass is 613 g/mol. The minimum atomic E-state index is -1.03. The van der Waals surface area contributed by atoms with Gasteiger partial charge in [-0.15, -0.1) is 0 Å². The lowest BCUT2D eigenvalue weighted by atomic mass is 9.90. The third-order valence-electron chi connectivity index (χ3n) is 8.11. The van der Waals surface area contributed by atoms with Crippen LogP contribution in [0.1, 0.15) is 64.1 Å².